The number of Topliss-reactive ketones (excluding diaryl/α,β-unsaturated/α-hetero) is 1. The first-order valence-corrected chi connectivity index (χ1v) is 5.88. The maximum Gasteiger partial charge on any atom is 0.165 e. The molecule has 0 fully saturated rings. The van der Waals surface area contributed by atoms with Gasteiger partial charge in [0.1, 0.15) is 6.10 Å². The molecule has 2 nitrogen and oxygen atoms in total. The minimum Gasteiger partial charge on any atom is -0.366 e. The summed E-state index contributed by atoms with van der Waals surface area (Å²) in [7, 11) is 0. The van der Waals surface area contributed by atoms with Crippen LogP contribution in [-0.2, 0) is 9.53 Å². The summed E-state index contributed by atoms with van der Waals surface area (Å²) in [4.78, 5) is 11.7. The second-order valence-electron chi connectivity index (χ2n) is 3.21. The lowest BCUT2D eigenvalue weighted by molar-refractivity contribution is -0.130. The van der Waals surface area contributed by atoms with Gasteiger partial charge in [-0.25, -0.2) is 0 Å². The number of benzene rings is 1. The molecule has 3 heteroatoms. The summed E-state index contributed by atoms with van der Waals surface area (Å²) in [6.07, 6.45) is 0.0782. The molecule has 0 aromatic heterocycles. The first-order chi connectivity index (χ1) is 7.19. The van der Waals surface area contributed by atoms with Gasteiger partial charge in [-0.2, -0.15) is 0 Å². The largest absolute Gasteiger partial charge is 0.366 e. The van der Waals surface area contributed by atoms with E-state index in [-0.39, 0.29) is 5.78 Å². The molecule has 0 bridgehead atoms. The summed E-state index contributed by atoms with van der Waals surface area (Å²) in [6, 6.07) is 7.68. The van der Waals surface area contributed by atoms with Crippen molar-refractivity contribution in [1.82, 2.24) is 0 Å². The van der Waals surface area contributed by atoms with E-state index in [1.165, 1.54) is 0 Å². The molecule has 1 rings (SSSR count). The Bertz CT molecular complexity index is 336. The standard InChI is InChI=1S/C12H15BrO2/c1-3-11(14)12(15-4-2)9-6-5-7-10(13)8-9/h5-8,12H,3-4H2,1-2H3. The molecule has 0 aliphatic rings. The molecule has 1 atom stereocenters. The Labute approximate surface area is 98.8 Å². The molecule has 1 aromatic rings. The van der Waals surface area contributed by atoms with Crippen LogP contribution in [0.15, 0.2) is 28.7 Å². The number of rotatable bonds is 5. The summed E-state index contributed by atoms with van der Waals surface area (Å²) in [6.45, 7) is 4.29. The van der Waals surface area contributed by atoms with Crippen LogP contribution in [0.2, 0.25) is 0 Å². The number of halogens is 1. The molecule has 0 heterocycles. The third-order valence-electron chi connectivity index (χ3n) is 2.13. The number of ketones is 1. The fraction of sp³-hybridized carbons (Fsp3) is 0.417. The Morgan fingerprint density at radius 1 is 1.47 bits per heavy atom. The zero-order valence-corrected chi connectivity index (χ0v) is 10.6. The normalized spacial score (nSPS) is 12.5. The maximum atomic E-state index is 11.7. The van der Waals surface area contributed by atoms with Crippen LogP contribution in [0.4, 0.5) is 0 Å². The molecule has 1 unspecified atom stereocenters. The molecule has 15 heavy (non-hydrogen) atoms. The van der Waals surface area contributed by atoms with Gasteiger partial charge in [0.25, 0.3) is 0 Å². The monoisotopic (exact) mass is 270 g/mol. The van der Waals surface area contributed by atoms with Crippen molar-refractivity contribution in [2.45, 2.75) is 26.4 Å². The molecule has 1 aromatic carbocycles. The van der Waals surface area contributed by atoms with Crippen molar-refractivity contribution in [3.05, 3.63) is 34.3 Å². The van der Waals surface area contributed by atoms with E-state index >= 15 is 0 Å². The molecule has 0 saturated heterocycles. The highest BCUT2D eigenvalue weighted by Gasteiger charge is 2.18. The summed E-state index contributed by atoms with van der Waals surface area (Å²) >= 11 is 3.39. The average Bonchev–Trinajstić information content (AvgIpc) is 2.25. The van der Waals surface area contributed by atoms with Crippen molar-refractivity contribution in [2.75, 3.05) is 6.61 Å². The number of hydrogen-bond donors (Lipinski definition) is 0. The number of ether oxygens (including phenoxy) is 1. The summed E-state index contributed by atoms with van der Waals surface area (Å²) in [5, 5.41) is 0. The van der Waals surface area contributed by atoms with E-state index in [1.54, 1.807) is 0 Å². The highest BCUT2D eigenvalue weighted by Crippen LogP contribution is 2.23. The van der Waals surface area contributed by atoms with E-state index in [4.69, 9.17) is 4.74 Å². The lowest BCUT2D eigenvalue weighted by Gasteiger charge is -2.15. The van der Waals surface area contributed by atoms with E-state index in [0.717, 1.165) is 10.0 Å². The van der Waals surface area contributed by atoms with E-state index in [1.807, 2.05) is 38.1 Å². The predicted octanol–water partition coefficient (Wildman–Crippen LogP) is 3.51. The van der Waals surface area contributed by atoms with Gasteiger partial charge < -0.3 is 4.74 Å². The molecular formula is C12H15BrO2. The van der Waals surface area contributed by atoms with Gasteiger partial charge in [-0.3, -0.25) is 4.79 Å². The maximum absolute atomic E-state index is 11.7. The van der Waals surface area contributed by atoms with Crippen molar-refractivity contribution in [2.24, 2.45) is 0 Å². The quantitative estimate of drug-likeness (QED) is 0.819. The second-order valence-corrected chi connectivity index (χ2v) is 4.13. The SMILES string of the molecule is CCOC(C(=O)CC)c1cccc(Br)c1. The van der Waals surface area contributed by atoms with E-state index in [9.17, 15) is 4.79 Å². The predicted molar refractivity (Wildman–Crippen MR) is 63.8 cm³/mol. The van der Waals surface area contributed by atoms with Crippen LogP contribution in [0, 0.1) is 0 Å². The van der Waals surface area contributed by atoms with Crippen LogP contribution >= 0.6 is 15.9 Å². The summed E-state index contributed by atoms with van der Waals surface area (Å²) in [5.41, 5.74) is 0.915. The molecule has 0 saturated carbocycles. The number of carbonyl (C=O) groups excluding carboxylic acids is 1. The fourth-order valence-electron chi connectivity index (χ4n) is 1.40. The van der Waals surface area contributed by atoms with Crippen LogP contribution < -0.4 is 0 Å². The smallest absolute Gasteiger partial charge is 0.165 e. The lowest BCUT2D eigenvalue weighted by atomic mass is 10.0. The highest BCUT2D eigenvalue weighted by molar-refractivity contribution is 9.10. The first-order valence-electron chi connectivity index (χ1n) is 5.08. The molecule has 82 valence electrons. The highest BCUT2D eigenvalue weighted by atomic mass is 79.9. The number of carbonyl (C=O) groups is 1. The Morgan fingerprint density at radius 2 is 2.20 bits per heavy atom. The van der Waals surface area contributed by atoms with Gasteiger partial charge in [0.2, 0.25) is 0 Å². The van der Waals surface area contributed by atoms with Gasteiger partial charge in [0, 0.05) is 17.5 Å². The van der Waals surface area contributed by atoms with Gasteiger partial charge in [0.15, 0.2) is 5.78 Å². The number of hydrogen-bond acceptors (Lipinski definition) is 2. The van der Waals surface area contributed by atoms with Gasteiger partial charge in [-0.1, -0.05) is 35.0 Å². The molecule has 0 N–H and O–H groups in total. The molecular weight excluding hydrogens is 256 g/mol. The van der Waals surface area contributed by atoms with Gasteiger partial charge >= 0.3 is 0 Å². The molecule has 0 amide bonds. The third-order valence-corrected chi connectivity index (χ3v) is 2.62. The van der Waals surface area contributed by atoms with E-state index in [0.29, 0.717) is 13.0 Å². The Hall–Kier alpha value is -0.670. The van der Waals surface area contributed by atoms with Gasteiger partial charge in [-0.05, 0) is 24.6 Å². The molecule has 0 spiro atoms. The second kappa shape index (κ2) is 6.03. The summed E-state index contributed by atoms with van der Waals surface area (Å²) in [5.74, 6) is 0.120. The van der Waals surface area contributed by atoms with Gasteiger partial charge in [-0.15, -0.1) is 0 Å². The van der Waals surface area contributed by atoms with Crippen LogP contribution in [0.3, 0.4) is 0 Å². The first kappa shape index (κ1) is 12.4. The fourth-order valence-corrected chi connectivity index (χ4v) is 1.81. The zero-order chi connectivity index (χ0) is 11.3. The van der Waals surface area contributed by atoms with Crippen molar-refractivity contribution in [3.8, 4) is 0 Å². The van der Waals surface area contributed by atoms with E-state index < -0.39 is 6.10 Å². The third kappa shape index (κ3) is 3.43. The lowest BCUT2D eigenvalue weighted by Crippen LogP contribution is -2.15. The Kier molecular flexibility index (Phi) is 4.99. The molecule has 0 radical (unpaired) electrons. The summed E-state index contributed by atoms with van der Waals surface area (Å²) < 4.78 is 6.43. The van der Waals surface area contributed by atoms with Crippen LogP contribution in [0.5, 0.6) is 0 Å². The van der Waals surface area contributed by atoms with E-state index in [2.05, 4.69) is 15.9 Å². The minimum absolute atomic E-state index is 0.120. The van der Waals surface area contributed by atoms with Crippen LogP contribution in [0.25, 0.3) is 0 Å². The minimum atomic E-state index is -0.419. The Morgan fingerprint density at radius 3 is 2.73 bits per heavy atom. The van der Waals surface area contributed by atoms with Crippen molar-refractivity contribution >= 4 is 21.7 Å². The topological polar surface area (TPSA) is 26.3 Å². The average molecular weight is 271 g/mol. The van der Waals surface area contributed by atoms with Crippen LogP contribution in [0.1, 0.15) is 31.9 Å². The zero-order valence-electron chi connectivity index (χ0n) is 9.00. The van der Waals surface area contributed by atoms with Crippen LogP contribution in [-0.4, -0.2) is 12.4 Å². The van der Waals surface area contributed by atoms with Crippen molar-refractivity contribution < 1.29 is 9.53 Å². The Balaban J connectivity index is 2.93. The molecule has 0 aliphatic carbocycles. The van der Waals surface area contributed by atoms with Crippen molar-refractivity contribution in [3.63, 3.8) is 0 Å². The molecule has 0 aliphatic heterocycles. The van der Waals surface area contributed by atoms with Crippen molar-refractivity contribution in [1.29, 1.82) is 0 Å². The van der Waals surface area contributed by atoms with Gasteiger partial charge in [0.05, 0.1) is 0 Å².